The Morgan fingerprint density at radius 2 is 1.94 bits per heavy atom. The number of hydrogen-bond donors (Lipinski definition) is 0. The molecule has 11 heteroatoms. The van der Waals surface area contributed by atoms with Gasteiger partial charge in [-0.3, -0.25) is 9.69 Å². The quantitative estimate of drug-likeness (QED) is 0.447. The minimum atomic E-state index is -0.157. The first-order chi connectivity index (χ1) is 14.7. The highest BCUT2D eigenvalue weighted by atomic mass is 35.5. The second-order valence-corrected chi connectivity index (χ2v) is 7.45. The van der Waals surface area contributed by atoms with Crippen LogP contribution < -0.4 is 12.4 Å². The number of rotatable bonds is 7. The van der Waals surface area contributed by atoms with Crippen molar-refractivity contribution in [1.29, 1.82) is 0 Å². The molecule has 1 aliphatic rings. The van der Waals surface area contributed by atoms with Crippen molar-refractivity contribution in [3.63, 3.8) is 0 Å². The lowest BCUT2D eigenvalue weighted by Crippen LogP contribution is -3.00. The van der Waals surface area contributed by atoms with Gasteiger partial charge in [0.05, 0.1) is 25.5 Å². The van der Waals surface area contributed by atoms with Gasteiger partial charge in [-0.05, 0) is 40.3 Å². The van der Waals surface area contributed by atoms with Crippen molar-refractivity contribution in [2.24, 2.45) is 0 Å². The van der Waals surface area contributed by atoms with Gasteiger partial charge in [-0.25, -0.2) is 4.68 Å². The number of ether oxygens (including phenoxy) is 1. The summed E-state index contributed by atoms with van der Waals surface area (Å²) in [5, 5.41) is 13.0. The first kappa shape index (κ1) is 23.2. The van der Waals surface area contributed by atoms with Crippen molar-refractivity contribution in [1.82, 2.24) is 30.0 Å². The van der Waals surface area contributed by atoms with Crippen molar-refractivity contribution in [2.75, 3.05) is 39.9 Å². The minimum Gasteiger partial charge on any atom is -1.00 e. The van der Waals surface area contributed by atoms with Gasteiger partial charge in [-0.15, -0.1) is 5.10 Å². The molecule has 1 aliphatic heterocycles. The summed E-state index contributed by atoms with van der Waals surface area (Å²) >= 11 is 6.10. The van der Waals surface area contributed by atoms with Gasteiger partial charge in [0.25, 0.3) is 5.91 Å². The molecule has 0 aliphatic carbocycles. The zero-order valence-electron chi connectivity index (χ0n) is 17.0. The fourth-order valence-corrected chi connectivity index (χ4v) is 3.78. The summed E-state index contributed by atoms with van der Waals surface area (Å²) < 4.78 is 12.2. The Hall–Kier alpha value is -2.46. The van der Waals surface area contributed by atoms with Crippen molar-refractivity contribution >= 4 is 17.5 Å². The van der Waals surface area contributed by atoms with Crippen molar-refractivity contribution in [2.45, 2.75) is 12.6 Å². The van der Waals surface area contributed by atoms with E-state index in [2.05, 4.69) is 20.4 Å². The van der Waals surface area contributed by atoms with Crippen LogP contribution in [-0.4, -0.2) is 75.8 Å². The zero-order chi connectivity index (χ0) is 20.9. The Kier molecular flexibility index (Phi) is 8.03. The number of hydrogen-bond acceptors (Lipinski definition) is 7. The molecule has 1 aromatic carbocycles. The molecule has 1 amide bonds. The number of furan rings is 1. The van der Waals surface area contributed by atoms with Gasteiger partial charge in [0.2, 0.25) is 0 Å². The molecule has 166 valence electrons. The van der Waals surface area contributed by atoms with E-state index in [1.165, 1.54) is 6.26 Å². The number of carbonyl (C=O) groups excluding carboxylic acids is 1. The first-order valence-corrected chi connectivity index (χ1v) is 10.1. The standard InChI is InChI=1S/C20H23ClN6O3.ClH/c1-29-14-12-27-19(22-23-24-27)18(15-4-6-16(21)7-5-15)25-8-10-26(11-9-25)20(28)17-3-2-13-30-17;/h2-7,13,18H,8-12,14H2,1H3;1H/p-1. The number of amides is 1. The summed E-state index contributed by atoms with van der Waals surface area (Å²) in [5.74, 6) is 1.01. The van der Waals surface area contributed by atoms with Crippen LogP contribution in [0.1, 0.15) is 28.0 Å². The average Bonchev–Trinajstić information content (AvgIpc) is 3.46. The Morgan fingerprint density at radius 1 is 1.19 bits per heavy atom. The molecule has 0 N–H and O–H groups in total. The summed E-state index contributed by atoms with van der Waals surface area (Å²) in [5.41, 5.74) is 1.04. The van der Waals surface area contributed by atoms with Crippen molar-refractivity contribution in [3.05, 3.63) is 64.8 Å². The molecule has 1 atom stereocenters. The third kappa shape index (κ3) is 5.24. The molecular weight excluding hydrogens is 443 g/mol. The minimum absolute atomic E-state index is 0. The van der Waals surface area contributed by atoms with Gasteiger partial charge >= 0.3 is 0 Å². The number of tetrazole rings is 1. The number of methoxy groups -OCH3 is 1. The Bertz CT molecular complexity index is 956. The van der Waals surface area contributed by atoms with E-state index in [0.29, 0.717) is 50.1 Å². The van der Waals surface area contributed by atoms with Crippen LogP contribution in [0, 0.1) is 0 Å². The number of carbonyl (C=O) groups is 1. The van der Waals surface area contributed by atoms with E-state index in [9.17, 15) is 4.79 Å². The largest absolute Gasteiger partial charge is 1.00 e. The Labute approximate surface area is 191 Å². The van der Waals surface area contributed by atoms with E-state index in [0.717, 1.165) is 11.4 Å². The Balaban J connectivity index is 0.00000272. The second-order valence-electron chi connectivity index (χ2n) is 7.01. The molecule has 0 saturated carbocycles. The maximum atomic E-state index is 12.6. The molecule has 31 heavy (non-hydrogen) atoms. The highest BCUT2D eigenvalue weighted by Gasteiger charge is 2.32. The van der Waals surface area contributed by atoms with Gasteiger partial charge in [0, 0.05) is 38.3 Å². The normalized spacial score (nSPS) is 15.5. The van der Waals surface area contributed by atoms with E-state index in [4.69, 9.17) is 20.8 Å². The van der Waals surface area contributed by atoms with E-state index in [-0.39, 0.29) is 24.4 Å². The van der Waals surface area contributed by atoms with Gasteiger partial charge in [0.15, 0.2) is 11.6 Å². The molecule has 3 aromatic rings. The third-order valence-corrected chi connectivity index (χ3v) is 5.45. The molecule has 0 spiro atoms. The molecule has 1 saturated heterocycles. The second kappa shape index (κ2) is 10.7. The number of halogens is 2. The molecule has 1 fully saturated rings. The average molecular weight is 466 g/mol. The number of benzene rings is 1. The van der Waals surface area contributed by atoms with Crippen LogP contribution in [0.25, 0.3) is 0 Å². The molecule has 1 unspecified atom stereocenters. The van der Waals surface area contributed by atoms with E-state index < -0.39 is 0 Å². The third-order valence-electron chi connectivity index (χ3n) is 5.20. The molecule has 9 nitrogen and oxygen atoms in total. The topological polar surface area (TPSA) is 89.5 Å². The van der Waals surface area contributed by atoms with Crippen molar-refractivity contribution in [3.8, 4) is 0 Å². The molecule has 4 rings (SSSR count). The Morgan fingerprint density at radius 3 is 2.58 bits per heavy atom. The highest BCUT2D eigenvalue weighted by Crippen LogP contribution is 2.29. The van der Waals surface area contributed by atoms with E-state index >= 15 is 0 Å². The maximum Gasteiger partial charge on any atom is 0.289 e. The van der Waals surface area contributed by atoms with E-state index in [1.54, 1.807) is 23.9 Å². The summed E-state index contributed by atoms with van der Waals surface area (Å²) in [4.78, 5) is 16.7. The molecule has 0 bridgehead atoms. The van der Waals surface area contributed by atoms with Crippen LogP contribution in [0.3, 0.4) is 0 Å². The fraction of sp³-hybridized carbons (Fsp3) is 0.400. The van der Waals surface area contributed by atoms with Crippen LogP contribution in [0.2, 0.25) is 5.02 Å². The predicted molar refractivity (Wildman–Crippen MR) is 109 cm³/mol. The number of nitrogens with zero attached hydrogens (tertiary/aromatic N) is 6. The lowest BCUT2D eigenvalue weighted by molar-refractivity contribution is -0.0000173. The monoisotopic (exact) mass is 465 g/mol. The zero-order valence-corrected chi connectivity index (χ0v) is 18.5. The smallest absolute Gasteiger partial charge is 0.289 e. The summed E-state index contributed by atoms with van der Waals surface area (Å²) in [6, 6.07) is 11.0. The number of piperazine rings is 1. The van der Waals surface area contributed by atoms with Crippen LogP contribution in [0.5, 0.6) is 0 Å². The predicted octanol–water partition coefficient (Wildman–Crippen LogP) is -0.883. The molecule has 3 heterocycles. The summed E-state index contributed by atoms with van der Waals surface area (Å²) in [6.45, 7) is 3.59. The fourth-order valence-electron chi connectivity index (χ4n) is 3.65. The van der Waals surface area contributed by atoms with E-state index in [1.807, 2.05) is 29.2 Å². The van der Waals surface area contributed by atoms with Crippen molar-refractivity contribution < 1.29 is 26.4 Å². The number of aromatic nitrogens is 4. The van der Waals surface area contributed by atoms with Gasteiger partial charge in [0.1, 0.15) is 0 Å². The van der Waals surface area contributed by atoms with Crippen LogP contribution >= 0.6 is 11.6 Å². The lowest BCUT2D eigenvalue weighted by atomic mass is 10.0. The molecular formula is C20H23Cl2N6O3-. The van der Waals surface area contributed by atoms with Crippen LogP contribution in [0.4, 0.5) is 0 Å². The SMILES string of the molecule is COCCn1nnnc1C(c1ccc(Cl)cc1)N1CCN(C(=O)c2ccco2)CC1.[Cl-]. The lowest BCUT2D eigenvalue weighted by Gasteiger charge is -2.38. The highest BCUT2D eigenvalue weighted by molar-refractivity contribution is 6.30. The summed E-state index contributed by atoms with van der Waals surface area (Å²) in [6.07, 6.45) is 1.51. The van der Waals surface area contributed by atoms with Gasteiger partial charge < -0.3 is 26.5 Å². The molecule has 0 radical (unpaired) electrons. The summed E-state index contributed by atoms with van der Waals surface area (Å²) in [7, 11) is 1.65. The van der Waals surface area contributed by atoms with Gasteiger partial charge in [-0.2, -0.15) is 0 Å². The van der Waals surface area contributed by atoms with Crippen LogP contribution in [0.15, 0.2) is 47.1 Å². The van der Waals surface area contributed by atoms with Gasteiger partial charge in [-0.1, -0.05) is 23.7 Å². The van der Waals surface area contributed by atoms with Crippen LogP contribution in [-0.2, 0) is 11.3 Å². The first-order valence-electron chi connectivity index (χ1n) is 9.74. The molecule has 2 aromatic heterocycles. The maximum absolute atomic E-state index is 12.6.